The molecular weight excluding hydrogens is 254 g/mol. The topological polar surface area (TPSA) is 52.7 Å². The standard InChI is InChI=1S/C15H19N3O2/c1-3-16-14(20)18-9-8-15(10-18)11-6-4-5-7-12(11)17(2)13(15)19/h4-7H,3,8-10H2,1-2H3,(H,16,20)/t15-/m1/s1. The number of carbonyl (C=O) groups is 2. The summed E-state index contributed by atoms with van der Waals surface area (Å²) in [5.41, 5.74) is 1.48. The van der Waals surface area contributed by atoms with Gasteiger partial charge in [-0.3, -0.25) is 4.79 Å². The molecule has 1 atom stereocenters. The minimum Gasteiger partial charge on any atom is -0.338 e. The second kappa shape index (κ2) is 4.51. The van der Waals surface area contributed by atoms with Crippen LogP contribution in [-0.2, 0) is 10.2 Å². The molecule has 0 saturated carbocycles. The molecule has 1 aromatic rings. The van der Waals surface area contributed by atoms with Crippen LogP contribution in [0.2, 0.25) is 0 Å². The fourth-order valence-corrected chi connectivity index (χ4v) is 3.36. The number of fused-ring (bicyclic) bond motifs is 2. The highest BCUT2D eigenvalue weighted by Gasteiger charge is 2.54. The first-order chi connectivity index (χ1) is 9.60. The number of hydrogen-bond donors (Lipinski definition) is 1. The number of benzene rings is 1. The van der Waals surface area contributed by atoms with Crippen molar-refractivity contribution in [1.29, 1.82) is 0 Å². The molecule has 3 amide bonds. The third-order valence-electron chi connectivity index (χ3n) is 4.38. The van der Waals surface area contributed by atoms with E-state index in [2.05, 4.69) is 5.32 Å². The second-order valence-electron chi connectivity index (χ2n) is 5.47. The zero-order valence-corrected chi connectivity index (χ0v) is 11.8. The average Bonchev–Trinajstić information content (AvgIpc) is 2.99. The summed E-state index contributed by atoms with van der Waals surface area (Å²) in [5, 5.41) is 2.81. The van der Waals surface area contributed by atoms with E-state index in [9.17, 15) is 9.59 Å². The molecule has 3 rings (SSSR count). The molecule has 106 valence electrons. The molecule has 1 saturated heterocycles. The highest BCUT2D eigenvalue weighted by Crippen LogP contribution is 2.46. The zero-order chi connectivity index (χ0) is 14.3. The number of amides is 3. The summed E-state index contributed by atoms with van der Waals surface area (Å²) in [7, 11) is 1.81. The van der Waals surface area contributed by atoms with E-state index < -0.39 is 5.41 Å². The van der Waals surface area contributed by atoms with Crippen molar-refractivity contribution in [2.75, 3.05) is 31.6 Å². The molecule has 0 bridgehead atoms. The number of rotatable bonds is 1. The molecule has 0 unspecified atom stereocenters. The molecule has 2 aliphatic heterocycles. The molecule has 20 heavy (non-hydrogen) atoms. The van der Waals surface area contributed by atoms with E-state index in [0.717, 1.165) is 11.3 Å². The number of nitrogens with zero attached hydrogens (tertiary/aromatic N) is 2. The van der Waals surface area contributed by atoms with Gasteiger partial charge in [0.05, 0.1) is 5.41 Å². The van der Waals surface area contributed by atoms with E-state index in [1.54, 1.807) is 9.80 Å². The number of likely N-dealkylation sites (tertiary alicyclic amines) is 1. The summed E-state index contributed by atoms with van der Waals surface area (Å²) < 4.78 is 0. The van der Waals surface area contributed by atoms with E-state index >= 15 is 0 Å². The first-order valence-electron chi connectivity index (χ1n) is 7.00. The van der Waals surface area contributed by atoms with Crippen LogP contribution < -0.4 is 10.2 Å². The van der Waals surface area contributed by atoms with E-state index in [-0.39, 0.29) is 11.9 Å². The summed E-state index contributed by atoms with van der Waals surface area (Å²) >= 11 is 0. The van der Waals surface area contributed by atoms with Gasteiger partial charge in [0.2, 0.25) is 5.91 Å². The lowest BCUT2D eigenvalue weighted by molar-refractivity contribution is -0.122. The van der Waals surface area contributed by atoms with Crippen LogP contribution in [0.15, 0.2) is 24.3 Å². The maximum absolute atomic E-state index is 12.7. The quantitative estimate of drug-likeness (QED) is 0.839. The number of hydrogen-bond acceptors (Lipinski definition) is 2. The normalized spacial score (nSPS) is 24.4. The molecule has 0 aliphatic carbocycles. The van der Waals surface area contributed by atoms with Crippen molar-refractivity contribution in [2.45, 2.75) is 18.8 Å². The minimum atomic E-state index is -0.545. The lowest BCUT2D eigenvalue weighted by Gasteiger charge is -2.23. The van der Waals surface area contributed by atoms with Gasteiger partial charge in [0, 0.05) is 32.4 Å². The first kappa shape index (κ1) is 13.0. The van der Waals surface area contributed by atoms with Gasteiger partial charge >= 0.3 is 6.03 Å². The first-order valence-corrected chi connectivity index (χ1v) is 7.00. The van der Waals surface area contributed by atoms with Crippen LogP contribution in [0.25, 0.3) is 0 Å². The number of nitrogens with one attached hydrogen (secondary N) is 1. The summed E-state index contributed by atoms with van der Waals surface area (Å²) in [6.07, 6.45) is 0.699. The predicted octanol–water partition coefficient (Wildman–Crippen LogP) is 1.34. The molecule has 0 aromatic heterocycles. The van der Waals surface area contributed by atoms with Crippen LogP contribution in [0, 0.1) is 0 Å². The Labute approximate surface area is 118 Å². The highest BCUT2D eigenvalue weighted by atomic mass is 16.2. The minimum absolute atomic E-state index is 0.0794. The maximum atomic E-state index is 12.7. The second-order valence-corrected chi connectivity index (χ2v) is 5.47. The van der Waals surface area contributed by atoms with E-state index in [0.29, 0.717) is 26.1 Å². The van der Waals surface area contributed by atoms with Crippen LogP contribution in [0.4, 0.5) is 10.5 Å². The molecule has 1 aromatic carbocycles. The Balaban J connectivity index is 1.95. The van der Waals surface area contributed by atoms with Crippen LogP contribution in [0.5, 0.6) is 0 Å². The third kappa shape index (κ3) is 1.62. The number of urea groups is 1. The van der Waals surface area contributed by atoms with E-state index in [1.165, 1.54) is 0 Å². The van der Waals surface area contributed by atoms with Crippen LogP contribution in [-0.4, -0.2) is 43.5 Å². The van der Waals surface area contributed by atoms with Crippen LogP contribution in [0.1, 0.15) is 18.9 Å². The largest absolute Gasteiger partial charge is 0.338 e. The molecule has 1 N–H and O–H groups in total. The molecule has 2 heterocycles. The molecule has 1 spiro atoms. The Morgan fingerprint density at radius 3 is 2.90 bits per heavy atom. The van der Waals surface area contributed by atoms with Gasteiger partial charge < -0.3 is 15.1 Å². The number of para-hydroxylation sites is 1. The predicted molar refractivity (Wildman–Crippen MR) is 76.8 cm³/mol. The summed E-state index contributed by atoms with van der Waals surface area (Å²) in [6, 6.07) is 7.80. The average molecular weight is 273 g/mol. The van der Waals surface area contributed by atoms with Crippen molar-refractivity contribution in [3.63, 3.8) is 0 Å². The van der Waals surface area contributed by atoms with Crippen LogP contribution >= 0.6 is 0 Å². The number of anilines is 1. The van der Waals surface area contributed by atoms with Crippen molar-refractivity contribution >= 4 is 17.6 Å². The Bertz CT molecular complexity index is 572. The van der Waals surface area contributed by atoms with Crippen molar-refractivity contribution < 1.29 is 9.59 Å². The van der Waals surface area contributed by atoms with Crippen molar-refractivity contribution in [1.82, 2.24) is 10.2 Å². The van der Waals surface area contributed by atoms with Gasteiger partial charge in [-0.25, -0.2) is 4.79 Å². The van der Waals surface area contributed by atoms with Gasteiger partial charge in [-0.1, -0.05) is 18.2 Å². The smallest absolute Gasteiger partial charge is 0.317 e. The molecule has 5 nitrogen and oxygen atoms in total. The fraction of sp³-hybridized carbons (Fsp3) is 0.467. The Kier molecular flexibility index (Phi) is 2.92. The van der Waals surface area contributed by atoms with Gasteiger partial charge in [0.25, 0.3) is 0 Å². The Morgan fingerprint density at radius 2 is 2.15 bits per heavy atom. The highest BCUT2D eigenvalue weighted by molar-refractivity contribution is 6.08. The molecule has 0 radical (unpaired) electrons. The SMILES string of the molecule is CCNC(=O)N1CC[C@]2(C1)C(=O)N(C)c1ccccc12. The van der Waals surface area contributed by atoms with Crippen molar-refractivity contribution in [3.05, 3.63) is 29.8 Å². The monoisotopic (exact) mass is 273 g/mol. The number of carbonyl (C=O) groups excluding carboxylic acids is 2. The van der Waals surface area contributed by atoms with Crippen LogP contribution in [0.3, 0.4) is 0 Å². The van der Waals surface area contributed by atoms with E-state index in [4.69, 9.17) is 0 Å². The molecule has 1 fully saturated rings. The fourth-order valence-electron chi connectivity index (χ4n) is 3.36. The van der Waals surface area contributed by atoms with Gasteiger partial charge in [-0.2, -0.15) is 0 Å². The maximum Gasteiger partial charge on any atom is 0.317 e. The number of likely N-dealkylation sites (N-methyl/N-ethyl adjacent to an activating group) is 1. The Morgan fingerprint density at radius 1 is 1.40 bits per heavy atom. The summed E-state index contributed by atoms with van der Waals surface area (Å²) in [5.74, 6) is 0.102. The molecular formula is C15H19N3O2. The van der Waals surface area contributed by atoms with Crippen molar-refractivity contribution in [3.8, 4) is 0 Å². The lowest BCUT2D eigenvalue weighted by atomic mass is 9.81. The van der Waals surface area contributed by atoms with Gasteiger partial charge in [0.15, 0.2) is 0 Å². The zero-order valence-electron chi connectivity index (χ0n) is 11.8. The van der Waals surface area contributed by atoms with E-state index in [1.807, 2.05) is 38.2 Å². The van der Waals surface area contributed by atoms with Crippen molar-refractivity contribution in [2.24, 2.45) is 0 Å². The summed E-state index contributed by atoms with van der Waals surface area (Å²) in [4.78, 5) is 28.1. The summed E-state index contributed by atoms with van der Waals surface area (Å²) in [6.45, 7) is 3.60. The molecule has 5 heteroatoms. The third-order valence-corrected chi connectivity index (χ3v) is 4.38. The van der Waals surface area contributed by atoms with Gasteiger partial charge in [-0.15, -0.1) is 0 Å². The van der Waals surface area contributed by atoms with Gasteiger partial charge in [-0.05, 0) is 25.0 Å². The molecule has 2 aliphatic rings. The van der Waals surface area contributed by atoms with Gasteiger partial charge in [0.1, 0.15) is 0 Å². The lowest BCUT2D eigenvalue weighted by Crippen LogP contribution is -2.44. The Hall–Kier alpha value is -2.04.